The van der Waals surface area contributed by atoms with Gasteiger partial charge in [0.25, 0.3) is 0 Å². The molecule has 0 aliphatic heterocycles. The third kappa shape index (κ3) is 5.53. The van der Waals surface area contributed by atoms with Crippen LogP contribution < -0.4 is 10.5 Å². The number of phenols is 1. The molecule has 0 amide bonds. The maximum atomic E-state index is 12.8. The van der Waals surface area contributed by atoms with E-state index in [0.717, 1.165) is 30.4 Å². The topological polar surface area (TPSA) is 72.5 Å². The first kappa shape index (κ1) is 25.5. The van der Waals surface area contributed by atoms with Gasteiger partial charge in [-0.15, -0.1) is 0 Å². The number of anilines is 1. The largest absolute Gasteiger partial charge is 0.507 e. The zero-order valence-corrected chi connectivity index (χ0v) is 20.7. The van der Waals surface area contributed by atoms with Gasteiger partial charge in [0.15, 0.2) is 5.78 Å². The van der Waals surface area contributed by atoms with Crippen molar-refractivity contribution in [2.75, 3.05) is 12.3 Å². The molecule has 0 aliphatic rings. The molecule has 2 aromatic rings. The van der Waals surface area contributed by atoms with Crippen LogP contribution in [0.15, 0.2) is 36.4 Å². The number of rotatable bonds is 10. The van der Waals surface area contributed by atoms with E-state index in [1.54, 1.807) is 30.3 Å². The highest BCUT2D eigenvalue weighted by Gasteiger charge is 2.32. The molecular formula is C28H39NO3. The highest BCUT2D eigenvalue weighted by Crippen LogP contribution is 2.47. The van der Waals surface area contributed by atoms with E-state index in [9.17, 15) is 9.90 Å². The van der Waals surface area contributed by atoms with Crippen molar-refractivity contribution >= 4 is 17.5 Å². The van der Waals surface area contributed by atoms with Gasteiger partial charge >= 0.3 is 0 Å². The first-order chi connectivity index (χ1) is 15.0. The van der Waals surface area contributed by atoms with Crippen molar-refractivity contribution in [2.24, 2.45) is 0 Å². The molecule has 0 spiro atoms. The van der Waals surface area contributed by atoms with Crippen molar-refractivity contribution in [1.29, 1.82) is 0 Å². The lowest BCUT2D eigenvalue weighted by atomic mass is 9.74. The van der Waals surface area contributed by atoms with Crippen LogP contribution in [0.5, 0.6) is 11.5 Å². The first-order valence-electron chi connectivity index (χ1n) is 11.6. The number of carbonyl (C=O) groups excluding carboxylic acids is 1. The number of nitrogen functional groups attached to an aromatic ring is 1. The van der Waals surface area contributed by atoms with E-state index in [-0.39, 0.29) is 22.4 Å². The summed E-state index contributed by atoms with van der Waals surface area (Å²) in [5.74, 6) is 0.690. The normalized spacial score (nSPS) is 12.3. The molecule has 0 atom stereocenters. The van der Waals surface area contributed by atoms with Gasteiger partial charge in [-0.1, -0.05) is 48.5 Å². The lowest BCUT2D eigenvalue weighted by Crippen LogP contribution is -2.22. The van der Waals surface area contributed by atoms with E-state index >= 15 is 0 Å². The van der Waals surface area contributed by atoms with Crippen molar-refractivity contribution < 1.29 is 14.6 Å². The van der Waals surface area contributed by atoms with Crippen LogP contribution in [-0.2, 0) is 10.8 Å². The molecule has 2 rings (SSSR count). The molecule has 0 radical (unpaired) electrons. The molecule has 0 aromatic heterocycles. The number of aromatic hydroxyl groups is 1. The van der Waals surface area contributed by atoms with E-state index in [0.29, 0.717) is 29.2 Å². The average molecular weight is 438 g/mol. The van der Waals surface area contributed by atoms with Crippen molar-refractivity contribution in [1.82, 2.24) is 0 Å². The summed E-state index contributed by atoms with van der Waals surface area (Å²) in [5, 5.41) is 11.4. The summed E-state index contributed by atoms with van der Waals surface area (Å²) in [7, 11) is 0. The molecule has 0 saturated carbocycles. The Morgan fingerprint density at radius 1 is 1.00 bits per heavy atom. The van der Waals surface area contributed by atoms with Crippen LogP contribution in [0.4, 0.5) is 5.69 Å². The number of hydrogen-bond acceptors (Lipinski definition) is 4. The summed E-state index contributed by atoms with van der Waals surface area (Å²) < 4.78 is 6.20. The second-order valence-corrected chi connectivity index (χ2v) is 9.71. The summed E-state index contributed by atoms with van der Waals surface area (Å²) >= 11 is 0. The molecule has 3 N–H and O–H groups in total. The third-order valence-electron chi connectivity index (χ3n) is 6.56. The van der Waals surface area contributed by atoms with Crippen LogP contribution in [0.1, 0.15) is 94.8 Å². The molecule has 0 unspecified atom stereocenters. The summed E-state index contributed by atoms with van der Waals surface area (Å²) in [6, 6.07) is 8.94. The Morgan fingerprint density at radius 3 is 2.09 bits per heavy atom. The number of hydrogen-bond donors (Lipinski definition) is 2. The summed E-state index contributed by atoms with van der Waals surface area (Å²) in [6.45, 7) is 15.5. The van der Waals surface area contributed by atoms with Crippen molar-refractivity contribution in [3.05, 3.63) is 58.7 Å². The van der Waals surface area contributed by atoms with Crippen LogP contribution in [0.3, 0.4) is 0 Å². The van der Waals surface area contributed by atoms with E-state index in [4.69, 9.17) is 10.5 Å². The number of nitrogens with two attached hydrogens (primary N) is 1. The number of ether oxygens (including phenoxy) is 1. The van der Waals surface area contributed by atoms with Gasteiger partial charge in [-0.3, -0.25) is 4.79 Å². The van der Waals surface area contributed by atoms with Crippen molar-refractivity contribution in [2.45, 2.75) is 78.6 Å². The van der Waals surface area contributed by atoms with Gasteiger partial charge in [0.2, 0.25) is 0 Å². The Morgan fingerprint density at radius 2 is 1.56 bits per heavy atom. The standard InChI is InChI=1S/C28H39NO3/c1-8-17-32-26-21(15-16-24(30)19-11-13-20(29)14-12-19)25(31)22(27(4,5)9-2)18-23(26)28(6,7)10-3/h11-16,18,31H,8-10,17,29H2,1-7H3/b16-15+. The molecule has 0 aliphatic carbocycles. The van der Waals surface area contributed by atoms with E-state index in [1.165, 1.54) is 6.08 Å². The predicted octanol–water partition coefficient (Wildman–Crippen LogP) is 7.03. The number of ketones is 1. The minimum Gasteiger partial charge on any atom is -0.507 e. The Bertz CT molecular complexity index is 969. The summed E-state index contributed by atoms with van der Waals surface area (Å²) in [6.07, 6.45) is 5.84. The zero-order valence-electron chi connectivity index (χ0n) is 20.7. The highest BCUT2D eigenvalue weighted by molar-refractivity contribution is 6.07. The molecule has 4 heteroatoms. The van der Waals surface area contributed by atoms with Crippen LogP contribution in [0.25, 0.3) is 6.08 Å². The minimum atomic E-state index is -0.227. The quantitative estimate of drug-likeness (QED) is 0.238. The fraction of sp³-hybridized carbons (Fsp3) is 0.464. The molecule has 0 heterocycles. The molecular weight excluding hydrogens is 398 g/mol. The molecule has 4 nitrogen and oxygen atoms in total. The average Bonchev–Trinajstić information content (AvgIpc) is 2.76. The molecule has 0 fully saturated rings. The molecule has 0 saturated heterocycles. The Balaban J connectivity index is 2.73. The number of phenolic OH excluding ortho intramolecular Hbond substituents is 1. The maximum absolute atomic E-state index is 12.8. The molecule has 0 bridgehead atoms. The monoisotopic (exact) mass is 437 g/mol. The van der Waals surface area contributed by atoms with Crippen LogP contribution in [-0.4, -0.2) is 17.5 Å². The third-order valence-corrected chi connectivity index (χ3v) is 6.56. The molecule has 2 aromatic carbocycles. The maximum Gasteiger partial charge on any atom is 0.185 e. The first-order valence-corrected chi connectivity index (χ1v) is 11.6. The number of benzene rings is 2. The van der Waals surface area contributed by atoms with Gasteiger partial charge in [-0.25, -0.2) is 0 Å². The molecule has 32 heavy (non-hydrogen) atoms. The van der Waals surface area contributed by atoms with Crippen molar-refractivity contribution in [3.63, 3.8) is 0 Å². The van der Waals surface area contributed by atoms with Gasteiger partial charge in [0, 0.05) is 22.4 Å². The highest BCUT2D eigenvalue weighted by atomic mass is 16.5. The summed E-state index contributed by atoms with van der Waals surface area (Å²) in [5.41, 5.74) is 9.02. The Labute approximate surface area is 193 Å². The van der Waals surface area contributed by atoms with Gasteiger partial charge in [-0.05, 0) is 72.6 Å². The smallest absolute Gasteiger partial charge is 0.185 e. The van der Waals surface area contributed by atoms with E-state index in [2.05, 4.69) is 54.5 Å². The summed E-state index contributed by atoms with van der Waals surface area (Å²) in [4.78, 5) is 12.8. The minimum absolute atomic E-state index is 0.151. The fourth-order valence-electron chi connectivity index (χ4n) is 3.49. The van der Waals surface area contributed by atoms with Crippen LogP contribution >= 0.6 is 0 Å². The second kappa shape index (κ2) is 10.2. The van der Waals surface area contributed by atoms with Crippen LogP contribution in [0.2, 0.25) is 0 Å². The lowest BCUT2D eigenvalue weighted by molar-refractivity contribution is 0.104. The Kier molecular flexibility index (Phi) is 8.17. The SMILES string of the molecule is CCCOc1c(C(C)(C)CC)cc(C(C)(C)CC)c(O)c1/C=C/C(=O)c1ccc(N)cc1. The van der Waals surface area contributed by atoms with Gasteiger partial charge < -0.3 is 15.6 Å². The van der Waals surface area contributed by atoms with E-state index in [1.807, 2.05) is 0 Å². The van der Waals surface area contributed by atoms with Crippen LogP contribution in [0, 0.1) is 0 Å². The predicted molar refractivity (Wildman–Crippen MR) is 135 cm³/mol. The fourth-order valence-corrected chi connectivity index (χ4v) is 3.49. The van der Waals surface area contributed by atoms with Gasteiger partial charge in [0.1, 0.15) is 11.5 Å². The van der Waals surface area contributed by atoms with Crippen molar-refractivity contribution in [3.8, 4) is 11.5 Å². The number of carbonyl (C=O) groups is 1. The van der Waals surface area contributed by atoms with Gasteiger partial charge in [0.05, 0.1) is 12.2 Å². The zero-order chi connectivity index (χ0) is 24.1. The second-order valence-electron chi connectivity index (χ2n) is 9.71. The van der Waals surface area contributed by atoms with Gasteiger partial charge in [-0.2, -0.15) is 0 Å². The lowest BCUT2D eigenvalue weighted by Gasteiger charge is -2.32. The Hall–Kier alpha value is -2.75. The van der Waals surface area contributed by atoms with E-state index < -0.39 is 0 Å². The number of allylic oxidation sites excluding steroid dienone is 1. The molecule has 174 valence electrons.